The van der Waals surface area contributed by atoms with Crippen molar-refractivity contribution in [1.29, 1.82) is 0 Å². The minimum Gasteiger partial charge on any atom is -0.456 e. The highest BCUT2D eigenvalue weighted by atomic mass is 16.6. The number of hydrogen-bond donors (Lipinski definition) is 0. The topological polar surface area (TPSA) is 65.2 Å². The molecule has 1 unspecified atom stereocenters. The molecule has 0 saturated heterocycles. The van der Waals surface area contributed by atoms with Crippen molar-refractivity contribution in [2.45, 2.75) is 40.2 Å². The summed E-state index contributed by atoms with van der Waals surface area (Å²) in [6.45, 7) is 6.37. The van der Waals surface area contributed by atoms with E-state index in [0.717, 1.165) is 12.0 Å². The van der Waals surface area contributed by atoms with Crippen LogP contribution < -0.4 is 0 Å². The van der Waals surface area contributed by atoms with Crippen molar-refractivity contribution in [2.24, 2.45) is 11.8 Å². The van der Waals surface area contributed by atoms with Crippen LogP contribution in [0.3, 0.4) is 0 Å². The summed E-state index contributed by atoms with van der Waals surface area (Å²) in [6, 6.07) is 9.52. The van der Waals surface area contributed by atoms with Gasteiger partial charge in [0.05, 0.1) is 0 Å². The average molecular weight is 302 g/mol. The second-order valence-electron chi connectivity index (χ2n) is 5.98. The van der Waals surface area contributed by atoms with Crippen LogP contribution in [-0.4, -0.2) is 16.1 Å². The maximum absolute atomic E-state index is 11.8. The number of nitrogens with zero attached hydrogens (tertiary/aromatic N) is 2. The van der Waals surface area contributed by atoms with Gasteiger partial charge in [-0.25, -0.2) is 0 Å². The van der Waals surface area contributed by atoms with Crippen LogP contribution in [-0.2, 0) is 16.1 Å². The van der Waals surface area contributed by atoms with E-state index in [2.05, 4.69) is 30.9 Å². The van der Waals surface area contributed by atoms with Crippen LogP contribution in [0.2, 0.25) is 0 Å². The first-order valence-corrected chi connectivity index (χ1v) is 7.58. The predicted octanol–water partition coefficient (Wildman–Crippen LogP) is 3.85. The molecule has 2 rings (SSSR count). The van der Waals surface area contributed by atoms with Gasteiger partial charge in [-0.2, -0.15) is 4.98 Å². The van der Waals surface area contributed by atoms with Gasteiger partial charge in [-0.05, 0) is 18.3 Å². The molecule has 0 saturated carbocycles. The summed E-state index contributed by atoms with van der Waals surface area (Å²) < 4.78 is 10.3. The van der Waals surface area contributed by atoms with Gasteiger partial charge in [-0.1, -0.05) is 56.3 Å². The van der Waals surface area contributed by atoms with E-state index in [1.165, 1.54) is 0 Å². The number of benzene rings is 1. The molecule has 0 aliphatic carbocycles. The molecule has 5 nitrogen and oxygen atoms in total. The van der Waals surface area contributed by atoms with E-state index < -0.39 is 0 Å². The third kappa shape index (κ3) is 4.98. The second-order valence-corrected chi connectivity index (χ2v) is 5.98. The summed E-state index contributed by atoms with van der Waals surface area (Å²) in [5.74, 6) is 1.47. The van der Waals surface area contributed by atoms with Gasteiger partial charge in [0.15, 0.2) is 6.61 Å². The molecule has 1 atom stereocenters. The van der Waals surface area contributed by atoms with Crippen molar-refractivity contribution in [3.63, 3.8) is 0 Å². The third-order valence-corrected chi connectivity index (χ3v) is 3.25. The van der Waals surface area contributed by atoms with E-state index in [9.17, 15) is 4.79 Å². The van der Waals surface area contributed by atoms with Gasteiger partial charge < -0.3 is 9.26 Å². The summed E-state index contributed by atoms with van der Waals surface area (Å²) in [4.78, 5) is 16.0. The SMILES string of the molecule is CC(C)CC(C)CC(=O)OCc1nc(-c2ccccc2)no1. The second kappa shape index (κ2) is 7.73. The van der Waals surface area contributed by atoms with Gasteiger partial charge in [-0.3, -0.25) is 4.79 Å². The number of esters is 1. The molecule has 0 amide bonds. The molecule has 0 aliphatic heterocycles. The molecule has 1 heterocycles. The Bertz CT molecular complexity index is 593. The largest absolute Gasteiger partial charge is 0.456 e. The summed E-state index contributed by atoms with van der Waals surface area (Å²) >= 11 is 0. The van der Waals surface area contributed by atoms with Crippen molar-refractivity contribution < 1.29 is 14.1 Å². The van der Waals surface area contributed by atoms with Crippen molar-refractivity contribution in [3.05, 3.63) is 36.2 Å². The molecule has 0 N–H and O–H groups in total. The molecule has 5 heteroatoms. The van der Waals surface area contributed by atoms with E-state index in [0.29, 0.717) is 30.0 Å². The zero-order chi connectivity index (χ0) is 15.9. The lowest BCUT2D eigenvalue weighted by Gasteiger charge is -2.12. The molecule has 22 heavy (non-hydrogen) atoms. The lowest BCUT2D eigenvalue weighted by molar-refractivity contribution is -0.146. The number of carbonyl (C=O) groups is 1. The first-order valence-electron chi connectivity index (χ1n) is 7.58. The fraction of sp³-hybridized carbons (Fsp3) is 0.471. The highest BCUT2D eigenvalue weighted by molar-refractivity contribution is 5.69. The maximum Gasteiger partial charge on any atom is 0.306 e. The van der Waals surface area contributed by atoms with E-state index >= 15 is 0 Å². The zero-order valence-electron chi connectivity index (χ0n) is 13.3. The van der Waals surface area contributed by atoms with Crippen LogP contribution >= 0.6 is 0 Å². The first-order chi connectivity index (χ1) is 10.5. The standard InChI is InChI=1S/C17H22N2O3/c1-12(2)9-13(3)10-16(20)21-11-15-18-17(19-22-15)14-7-5-4-6-8-14/h4-8,12-13H,9-11H2,1-3H3. The zero-order valence-corrected chi connectivity index (χ0v) is 13.3. The normalized spacial score (nSPS) is 12.4. The molecular weight excluding hydrogens is 280 g/mol. The van der Waals surface area contributed by atoms with Crippen LogP contribution in [0.4, 0.5) is 0 Å². The Morgan fingerprint density at radius 2 is 1.95 bits per heavy atom. The Morgan fingerprint density at radius 3 is 2.64 bits per heavy atom. The fourth-order valence-electron chi connectivity index (χ4n) is 2.39. The van der Waals surface area contributed by atoms with E-state index in [1.54, 1.807) is 0 Å². The van der Waals surface area contributed by atoms with Gasteiger partial charge in [0.2, 0.25) is 5.82 Å². The molecule has 0 radical (unpaired) electrons. The van der Waals surface area contributed by atoms with E-state index in [1.807, 2.05) is 30.3 Å². The number of ether oxygens (including phenoxy) is 1. The Kier molecular flexibility index (Phi) is 5.69. The molecule has 0 aliphatic rings. The van der Waals surface area contributed by atoms with Crippen molar-refractivity contribution in [2.75, 3.05) is 0 Å². The fourth-order valence-corrected chi connectivity index (χ4v) is 2.39. The molecular formula is C17H22N2O3. The van der Waals surface area contributed by atoms with Crippen LogP contribution in [0.15, 0.2) is 34.9 Å². The summed E-state index contributed by atoms with van der Waals surface area (Å²) in [5, 5.41) is 3.89. The highest BCUT2D eigenvalue weighted by Crippen LogP contribution is 2.17. The molecule has 0 spiro atoms. The lowest BCUT2D eigenvalue weighted by atomic mass is 9.96. The minimum atomic E-state index is -0.229. The van der Waals surface area contributed by atoms with Gasteiger partial charge in [0.1, 0.15) is 0 Å². The van der Waals surface area contributed by atoms with Crippen molar-refractivity contribution in [3.8, 4) is 11.4 Å². The summed E-state index contributed by atoms with van der Waals surface area (Å²) in [5.41, 5.74) is 0.870. The monoisotopic (exact) mass is 302 g/mol. The van der Waals surface area contributed by atoms with Crippen LogP contribution in [0, 0.1) is 11.8 Å². The Labute approximate surface area is 130 Å². The molecule has 0 bridgehead atoms. The predicted molar refractivity (Wildman–Crippen MR) is 82.8 cm³/mol. The Morgan fingerprint density at radius 1 is 1.23 bits per heavy atom. The Hall–Kier alpha value is -2.17. The maximum atomic E-state index is 11.8. The highest BCUT2D eigenvalue weighted by Gasteiger charge is 2.14. The molecule has 1 aromatic heterocycles. The van der Waals surface area contributed by atoms with E-state index in [-0.39, 0.29) is 12.6 Å². The van der Waals surface area contributed by atoms with Crippen molar-refractivity contribution in [1.82, 2.24) is 10.1 Å². The first kappa shape index (κ1) is 16.2. The molecule has 0 fully saturated rings. The van der Waals surface area contributed by atoms with Crippen LogP contribution in [0.1, 0.15) is 39.5 Å². The summed E-state index contributed by atoms with van der Waals surface area (Å²) in [6.07, 6.45) is 1.42. The van der Waals surface area contributed by atoms with Crippen LogP contribution in [0.5, 0.6) is 0 Å². The number of aromatic nitrogens is 2. The molecule has 2 aromatic rings. The summed E-state index contributed by atoms with van der Waals surface area (Å²) in [7, 11) is 0. The quantitative estimate of drug-likeness (QED) is 0.727. The number of rotatable bonds is 7. The number of hydrogen-bond acceptors (Lipinski definition) is 5. The van der Waals surface area contributed by atoms with Gasteiger partial charge in [0.25, 0.3) is 5.89 Å². The van der Waals surface area contributed by atoms with E-state index in [4.69, 9.17) is 9.26 Å². The van der Waals surface area contributed by atoms with Gasteiger partial charge in [-0.15, -0.1) is 0 Å². The molecule has 118 valence electrons. The number of carbonyl (C=O) groups excluding carboxylic acids is 1. The third-order valence-electron chi connectivity index (χ3n) is 3.25. The smallest absolute Gasteiger partial charge is 0.306 e. The average Bonchev–Trinajstić information content (AvgIpc) is 2.94. The lowest BCUT2D eigenvalue weighted by Crippen LogP contribution is -2.11. The van der Waals surface area contributed by atoms with Gasteiger partial charge in [0, 0.05) is 12.0 Å². The molecule has 1 aromatic carbocycles. The van der Waals surface area contributed by atoms with Crippen LogP contribution in [0.25, 0.3) is 11.4 Å². The Balaban J connectivity index is 1.82. The van der Waals surface area contributed by atoms with Crippen molar-refractivity contribution >= 4 is 5.97 Å². The van der Waals surface area contributed by atoms with Gasteiger partial charge >= 0.3 is 5.97 Å². The minimum absolute atomic E-state index is 0.0209.